The third kappa shape index (κ3) is 8.86. The zero-order chi connectivity index (χ0) is 13.5. The number of hydrogen-bond acceptors (Lipinski definition) is 6. The topological polar surface area (TPSA) is 159 Å². The second kappa shape index (κ2) is 11.1. The fraction of sp³-hybridized carbons (Fsp3) is 0.625. The van der Waals surface area contributed by atoms with Gasteiger partial charge in [-0.15, -0.1) is 0 Å². The second-order valence-electron chi connectivity index (χ2n) is 3.23. The van der Waals surface area contributed by atoms with Crippen molar-refractivity contribution in [3.8, 4) is 0 Å². The first-order valence-electron chi connectivity index (χ1n) is 4.62. The van der Waals surface area contributed by atoms with Gasteiger partial charge in [-0.05, 0) is 0 Å². The predicted molar refractivity (Wildman–Crippen MR) is 62.7 cm³/mol. The Bertz CT molecular complexity index is 299. The number of carboxylic acid groups (broad SMARTS) is 3. The molecule has 0 aliphatic rings. The molecule has 11 heteroatoms. The number of hydrogen-bond donors (Lipinski definition) is 5. The molecule has 0 aromatic rings. The summed E-state index contributed by atoms with van der Waals surface area (Å²) in [6.45, 7) is 0.185. The van der Waals surface area contributed by atoms with Gasteiger partial charge in [-0.3, -0.25) is 19.1 Å². The molecular weight excluding hydrogens is 278 g/mol. The van der Waals surface area contributed by atoms with Crippen molar-refractivity contribution < 1.29 is 39.2 Å². The summed E-state index contributed by atoms with van der Waals surface area (Å²) in [7, 11) is 0. The van der Waals surface area contributed by atoms with Crippen LogP contribution in [0, 0.1) is 0 Å². The molecule has 0 radical (unpaired) electrons. The molecule has 0 spiro atoms. The summed E-state index contributed by atoms with van der Waals surface area (Å²) in [5.74, 6) is -4.64. The third-order valence-corrected chi connectivity index (χ3v) is 1.78. The summed E-state index contributed by atoms with van der Waals surface area (Å²) in [5.41, 5.74) is 4.90. The van der Waals surface area contributed by atoms with Crippen molar-refractivity contribution in [1.82, 2.24) is 5.48 Å². The molecule has 0 aromatic heterocycles. The van der Waals surface area contributed by atoms with E-state index in [4.69, 9.17) is 21.1 Å². The van der Waals surface area contributed by atoms with E-state index in [1.165, 1.54) is 0 Å². The molecule has 0 rings (SSSR count). The Kier molecular flexibility index (Phi) is 13.6. The Balaban J connectivity index is -0.00000128. The first-order valence-corrected chi connectivity index (χ1v) is 4.62. The fourth-order valence-corrected chi connectivity index (χ4v) is 1.07. The molecule has 0 aliphatic carbocycles. The Morgan fingerprint density at radius 1 is 1.11 bits per heavy atom. The number of aliphatic carboxylic acids is 3. The summed E-state index contributed by atoms with van der Waals surface area (Å²) in [5, 5.41) is 26.1. The van der Waals surface area contributed by atoms with Gasteiger partial charge in [0.1, 0.15) is 0 Å². The molecule has 6 N–H and O–H groups in total. The Hall–Kier alpha value is -0.780. The number of hydroxylamine groups is 1. The maximum absolute atomic E-state index is 11.0. The molecule has 0 heterocycles. The number of rotatable bonds is 9. The predicted octanol–water partition coefficient (Wildman–Crippen LogP) is -2.26. The molecule has 0 saturated heterocycles. The van der Waals surface area contributed by atoms with Crippen LogP contribution in [0.15, 0.2) is 0 Å². The molecule has 0 fully saturated rings. The van der Waals surface area contributed by atoms with Crippen LogP contribution in [0.1, 0.15) is 12.8 Å². The van der Waals surface area contributed by atoms with Crippen molar-refractivity contribution in [3.63, 3.8) is 0 Å². The molecule has 0 aliphatic heterocycles. The van der Waals surface area contributed by atoms with Crippen LogP contribution in [0.3, 0.4) is 0 Å². The van der Waals surface area contributed by atoms with Crippen molar-refractivity contribution >= 4 is 47.5 Å². The van der Waals surface area contributed by atoms with Crippen LogP contribution in [-0.2, 0) is 19.2 Å². The quantitative estimate of drug-likeness (QED) is 0.180. The molecule has 0 saturated carbocycles. The molecule has 0 aromatic carbocycles. The van der Waals surface area contributed by atoms with Crippen LogP contribution in [0.25, 0.3) is 0 Å². The average molecular weight is 294 g/mol. The monoisotopic (exact) mass is 294 g/mol. The Morgan fingerprint density at radius 2 is 1.53 bits per heavy atom. The molecule has 108 valence electrons. The van der Waals surface area contributed by atoms with Gasteiger partial charge in [0, 0.05) is 13.1 Å². The van der Waals surface area contributed by atoms with Gasteiger partial charge in [0.05, 0.1) is 12.8 Å². The van der Waals surface area contributed by atoms with E-state index in [0.717, 1.165) is 0 Å². The molecule has 0 amide bonds. The number of nitrogens with one attached hydrogen (secondary N) is 1. The van der Waals surface area contributed by atoms with Crippen molar-refractivity contribution in [1.29, 1.82) is 0 Å². The summed E-state index contributed by atoms with van der Waals surface area (Å²) in [4.78, 5) is 36.7. The summed E-state index contributed by atoms with van der Waals surface area (Å²) in [6.07, 6.45) is -1.96. The number of carbonyl (C=O) groups is 3. The Morgan fingerprint density at radius 3 is 1.79 bits per heavy atom. The van der Waals surface area contributed by atoms with E-state index in [2.05, 4.69) is 10.3 Å². The van der Waals surface area contributed by atoms with Gasteiger partial charge in [0.25, 0.3) is 0 Å². The van der Waals surface area contributed by atoms with Crippen LogP contribution in [-0.4, -0.2) is 81.5 Å². The van der Waals surface area contributed by atoms with E-state index in [1.54, 1.807) is 0 Å². The first kappa shape index (κ1) is 23.3. The van der Waals surface area contributed by atoms with Crippen LogP contribution in [0.4, 0.5) is 4.70 Å². The van der Waals surface area contributed by atoms with Crippen molar-refractivity contribution in [2.24, 2.45) is 5.73 Å². The normalized spacial score (nSPS) is 9.95. The molecule has 0 unspecified atom stereocenters. The molecule has 0 atom stereocenters. The van der Waals surface area contributed by atoms with Crippen molar-refractivity contribution in [2.75, 3.05) is 13.1 Å². The van der Waals surface area contributed by atoms with Crippen LogP contribution >= 0.6 is 0 Å². The summed E-state index contributed by atoms with van der Waals surface area (Å²) < 4.78 is 0. The standard InChI is InChI=1S/C8H14N2O7.FH.Na.H/c9-1-2-10-17-8(7(15)16,3-5(11)12)4-6(13)14;;;/h10H,1-4,9H2,(H,11,12)(H,13,14)(H,15,16);1H;;. The molecule has 0 bridgehead atoms. The summed E-state index contributed by atoms with van der Waals surface area (Å²) in [6, 6.07) is 0. The SMILES string of the molecule is F.NCCNOC(CC(=O)O)(CC(=O)O)C(=O)O.[NaH]. The number of carboxylic acids is 3. The van der Waals surface area contributed by atoms with E-state index in [1.807, 2.05) is 0 Å². The average Bonchev–Trinajstić information content (AvgIpc) is 2.15. The van der Waals surface area contributed by atoms with Gasteiger partial charge in [0.15, 0.2) is 0 Å². The van der Waals surface area contributed by atoms with Gasteiger partial charge in [-0.1, -0.05) is 0 Å². The second-order valence-corrected chi connectivity index (χ2v) is 3.23. The van der Waals surface area contributed by atoms with Gasteiger partial charge < -0.3 is 21.1 Å². The minimum atomic E-state index is -2.35. The zero-order valence-corrected chi connectivity index (χ0v) is 9.29. The summed E-state index contributed by atoms with van der Waals surface area (Å²) >= 11 is 0. The Labute approximate surface area is 129 Å². The molecular formula is C8H16FN2NaO7. The van der Waals surface area contributed by atoms with E-state index in [-0.39, 0.29) is 47.4 Å². The van der Waals surface area contributed by atoms with Crippen molar-refractivity contribution in [3.05, 3.63) is 0 Å². The zero-order valence-electron chi connectivity index (χ0n) is 9.29. The van der Waals surface area contributed by atoms with Gasteiger partial charge in [0.2, 0.25) is 5.60 Å². The van der Waals surface area contributed by atoms with Crippen LogP contribution in [0.2, 0.25) is 0 Å². The van der Waals surface area contributed by atoms with Crippen LogP contribution in [0.5, 0.6) is 0 Å². The van der Waals surface area contributed by atoms with E-state index in [0.29, 0.717) is 0 Å². The fourth-order valence-electron chi connectivity index (χ4n) is 1.07. The van der Waals surface area contributed by atoms with Gasteiger partial charge in [-0.2, -0.15) is 5.48 Å². The van der Waals surface area contributed by atoms with E-state index in [9.17, 15) is 14.4 Å². The molecule has 9 nitrogen and oxygen atoms in total. The van der Waals surface area contributed by atoms with E-state index < -0.39 is 36.4 Å². The third-order valence-electron chi connectivity index (χ3n) is 1.78. The molecule has 19 heavy (non-hydrogen) atoms. The first-order chi connectivity index (χ1) is 7.84. The number of nitrogens with two attached hydrogens (primary N) is 1. The van der Waals surface area contributed by atoms with Gasteiger partial charge >= 0.3 is 47.5 Å². The van der Waals surface area contributed by atoms with Crippen molar-refractivity contribution in [2.45, 2.75) is 18.4 Å². The maximum atomic E-state index is 11.0. The van der Waals surface area contributed by atoms with E-state index >= 15 is 0 Å². The van der Waals surface area contributed by atoms with Crippen LogP contribution < -0.4 is 11.2 Å². The van der Waals surface area contributed by atoms with Gasteiger partial charge in [-0.25, -0.2) is 4.79 Å². The minimum absolute atomic E-state index is 0. The number of halogens is 1.